The molecule has 2 rings (SSSR count). The van der Waals surface area contributed by atoms with Gasteiger partial charge in [-0.2, -0.15) is 10.2 Å². The molecule has 0 heterocycles. The normalized spacial score (nSPS) is 11.0. The first-order chi connectivity index (χ1) is 14.8. The number of nitrogens with one attached hydrogen (secondary N) is 1. The zero-order valence-electron chi connectivity index (χ0n) is 18.2. The van der Waals surface area contributed by atoms with Crippen molar-refractivity contribution in [3.8, 4) is 0 Å². The standard InChI is InChI=1S/C25H35N3O2/c1-2-3-4-5-6-7-8-9-10-14-21-30-25(29)26-22-17-19-24(20-18-22)28-27-23-15-12-11-13-16-23/h11-13,15-20H,2-10,14,21H2,1H3,(H,26,29). The van der Waals surface area contributed by atoms with E-state index in [2.05, 4.69) is 22.5 Å². The van der Waals surface area contributed by atoms with Gasteiger partial charge in [0.2, 0.25) is 0 Å². The number of ether oxygens (including phenoxy) is 1. The van der Waals surface area contributed by atoms with Crippen LogP contribution in [0.4, 0.5) is 21.9 Å². The molecule has 0 aromatic heterocycles. The SMILES string of the molecule is CCCCCCCCCCCCOC(=O)Nc1ccc(N=Nc2ccccc2)cc1. The highest BCUT2D eigenvalue weighted by atomic mass is 16.5. The molecule has 0 unspecified atom stereocenters. The van der Waals surface area contributed by atoms with Gasteiger partial charge in [-0.1, -0.05) is 82.9 Å². The van der Waals surface area contributed by atoms with Crippen molar-refractivity contribution in [2.45, 2.75) is 71.1 Å². The second-order valence-corrected chi connectivity index (χ2v) is 7.53. The highest BCUT2D eigenvalue weighted by molar-refractivity contribution is 5.84. The summed E-state index contributed by atoms with van der Waals surface area (Å²) in [6.45, 7) is 2.71. The van der Waals surface area contributed by atoms with E-state index in [0.29, 0.717) is 12.3 Å². The van der Waals surface area contributed by atoms with Gasteiger partial charge in [-0.25, -0.2) is 4.79 Å². The predicted molar refractivity (Wildman–Crippen MR) is 124 cm³/mol. The first-order valence-electron chi connectivity index (χ1n) is 11.3. The van der Waals surface area contributed by atoms with Crippen LogP contribution in [0, 0.1) is 0 Å². The number of benzene rings is 2. The minimum Gasteiger partial charge on any atom is -0.449 e. The molecule has 0 aliphatic carbocycles. The highest BCUT2D eigenvalue weighted by Crippen LogP contribution is 2.20. The summed E-state index contributed by atoms with van der Waals surface area (Å²) in [4.78, 5) is 11.9. The van der Waals surface area contributed by atoms with Crippen LogP contribution in [0.5, 0.6) is 0 Å². The number of amides is 1. The maximum atomic E-state index is 11.9. The van der Waals surface area contributed by atoms with Crippen LogP contribution < -0.4 is 5.32 Å². The lowest BCUT2D eigenvalue weighted by atomic mass is 10.1. The van der Waals surface area contributed by atoms with Crippen LogP contribution in [-0.4, -0.2) is 12.7 Å². The van der Waals surface area contributed by atoms with Crippen molar-refractivity contribution in [3.05, 3.63) is 54.6 Å². The molecular weight excluding hydrogens is 374 g/mol. The summed E-state index contributed by atoms with van der Waals surface area (Å²) in [5, 5.41) is 11.1. The zero-order chi connectivity index (χ0) is 21.3. The average molecular weight is 410 g/mol. The van der Waals surface area contributed by atoms with Crippen LogP contribution in [0.3, 0.4) is 0 Å². The van der Waals surface area contributed by atoms with Gasteiger partial charge in [-0.15, -0.1) is 0 Å². The van der Waals surface area contributed by atoms with Crippen LogP contribution in [0.25, 0.3) is 0 Å². The van der Waals surface area contributed by atoms with E-state index >= 15 is 0 Å². The molecule has 5 heteroatoms. The van der Waals surface area contributed by atoms with Gasteiger partial charge in [0.15, 0.2) is 0 Å². The second-order valence-electron chi connectivity index (χ2n) is 7.53. The lowest BCUT2D eigenvalue weighted by Crippen LogP contribution is -2.14. The molecule has 0 saturated carbocycles. The lowest BCUT2D eigenvalue weighted by molar-refractivity contribution is 0.159. The van der Waals surface area contributed by atoms with Crippen LogP contribution in [0.15, 0.2) is 64.8 Å². The van der Waals surface area contributed by atoms with Crippen LogP contribution in [0.1, 0.15) is 71.1 Å². The van der Waals surface area contributed by atoms with Crippen LogP contribution >= 0.6 is 0 Å². The lowest BCUT2D eigenvalue weighted by Gasteiger charge is -2.07. The van der Waals surface area contributed by atoms with E-state index in [0.717, 1.165) is 24.2 Å². The van der Waals surface area contributed by atoms with E-state index in [1.807, 2.05) is 42.5 Å². The van der Waals surface area contributed by atoms with Gasteiger partial charge in [0.1, 0.15) is 0 Å². The zero-order valence-corrected chi connectivity index (χ0v) is 18.2. The van der Waals surface area contributed by atoms with Crippen molar-refractivity contribution in [1.29, 1.82) is 0 Å². The van der Waals surface area contributed by atoms with Crippen molar-refractivity contribution in [2.24, 2.45) is 10.2 Å². The minimum atomic E-state index is -0.412. The quantitative estimate of drug-likeness (QED) is 0.251. The Hall–Kier alpha value is -2.69. The number of hydrogen-bond acceptors (Lipinski definition) is 4. The summed E-state index contributed by atoms with van der Waals surface area (Å²) in [5.74, 6) is 0. The van der Waals surface area contributed by atoms with Crippen LogP contribution in [-0.2, 0) is 4.74 Å². The fourth-order valence-corrected chi connectivity index (χ4v) is 3.13. The Bertz CT molecular complexity index is 730. The third-order valence-electron chi connectivity index (χ3n) is 4.88. The fourth-order valence-electron chi connectivity index (χ4n) is 3.13. The number of carbonyl (C=O) groups excluding carboxylic acids is 1. The average Bonchev–Trinajstić information content (AvgIpc) is 2.78. The topological polar surface area (TPSA) is 63.0 Å². The van der Waals surface area contributed by atoms with Crippen molar-refractivity contribution in [1.82, 2.24) is 0 Å². The first kappa shape index (κ1) is 23.6. The van der Waals surface area contributed by atoms with Gasteiger partial charge in [-0.05, 0) is 42.8 Å². The Morgan fingerprint density at radius 3 is 1.87 bits per heavy atom. The molecule has 0 aliphatic heterocycles. The molecule has 2 aromatic carbocycles. The Morgan fingerprint density at radius 2 is 1.27 bits per heavy atom. The van der Waals surface area contributed by atoms with Gasteiger partial charge in [0.25, 0.3) is 0 Å². The first-order valence-corrected chi connectivity index (χ1v) is 11.3. The fraction of sp³-hybridized carbons (Fsp3) is 0.480. The Balaban J connectivity index is 1.53. The summed E-state index contributed by atoms with van der Waals surface area (Å²) >= 11 is 0. The molecule has 1 N–H and O–H groups in total. The van der Waals surface area contributed by atoms with E-state index in [4.69, 9.17) is 4.74 Å². The Kier molecular flexibility index (Phi) is 11.9. The van der Waals surface area contributed by atoms with E-state index in [9.17, 15) is 4.79 Å². The van der Waals surface area contributed by atoms with Gasteiger partial charge in [0.05, 0.1) is 18.0 Å². The third-order valence-corrected chi connectivity index (χ3v) is 4.88. The molecule has 1 amide bonds. The van der Waals surface area contributed by atoms with E-state index < -0.39 is 6.09 Å². The minimum absolute atomic E-state index is 0.412. The molecule has 0 radical (unpaired) electrons. The molecule has 5 nitrogen and oxygen atoms in total. The molecule has 0 fully saturated rings. The number of unbranched alkanes of at least 4 members (excludes halogenated alkanes) is 9. The maximum absolute atomic E-state index is 11.9. The monoisotopic (exact) mass is 409 g/mol. The van der Waals surface area contributed by atoms with Crippen LogP contribution in [0.2, 0.25) is 0 Å². The Morgan fingerprint density at radius 1 is 0.733 bits per heavy atom. The molecule has 30 heavy (non-hydrogen) atoms. The Labute approximate surface area is 181 Å². The molecule has 0 bridgehead atoms. The van der Waals surface area contributed by atoms with E-state index in [1.54, 1.807) is 12.1 Å². The molecule has 0 aliphatic rings. The summed E-state index contributed by atoms with van der Waals surface area (Å²) in [6.07, 6.45) is 12.2. The molecule has 0 spiro atoms. The maximum Gasteiger partial charge on any atom is 0.411 e. The summed E-state index contributed by atoms with van der Waals surface area (Å²) in [6, 6.07) is 16.8. The van der Waals surface area contributed by atoms with Crippen molar-refractivity contribution >= 4 is 23.2 Å². The molecule has 2 aromatic rings. The molecular formula is C25H35N3O2. The number of anilines is 1. The number of hydrogen-bond donors (Lipinski definition) is 1. The number of azo groups is 1. The smallest absolute Gasteiger partial charge is 0.411 e. The van der Waals surface area contributed by atoms with E-state index in [1.165, 1.54) is 51.4 Å². The molecule has 162 valence electrons. The predicted octanol–water partition coefficient (Wildman–Crippen LogP) is 8.57. The van der Waals surface area contributed by atoms with Gasteiger partial charge < -0.3 is 4.74 Å². The van der Waals surface area contributed by atoms with Crippen molar-refractivity contribution in [2.75, 3.05) is 11.9 Å². The number of rotatable bonds is 14. The highest BCUT2D eigenvalue weighted by Gasteiger charge is 2.03. The number of nitrogens with zero attached hydrogens (tertiary/aromatic N) is 2. The van der Waals surface area contributed by atoms with Crippen molar-refractivity contribution < 1.29 is 9.53 Å². The second kappa shape index (κ2) is 15.2. The van der Waals surface area contributed by atoms with Gasteiger partial charge >= 0.3 is 6.09 Å². The van der Waals surface area contributed by atoms with Gasteiger partial charge in [0, 0.05) is 5.69 Å². The van der Waals surface area contributed by atoms with Gasteiger partial charge in [-0.3, -0.25) is 5.32 Å². The summed E-state index contributed by atoms with van der Waals surface area (Å²) in [5.41, 5.74) is 2.21. The third kappa shape index (κ3) is 10.7. The molecule has 0 atom stereocenters. The van der Waals surface area contributed by atoms with E-state index in [-0.39, 0.29) is 0 Å². The largest absolute Gasteiger partial charge is 0.449 e. The summed E-state index contributed by atoms with van der Waals surface area (Å²) in [7, 11) is 0. The van der Waals surface area contributed by atoms with Crippen molar-refractivity contribution in [3.63, 3.8) is 0 Å². The number of carbonyl (C=O) groups is 1. The molecule has 0 saturated heterocycles. The summed E-state index contributed by atoms with van der Waals surface area (Å²) < 4.78 is 5.26.